The Kier molecular flexibility index (Phi) is 4.48. The van der Waals surface area contributed by atoms with Crippen molar-refractivity contribution in [2.75, 3.05) is 31.1 Å². The highest BCUT2D eigenvalue weighted by Crippen LogP contribution is 2.24. The third-order valence-corrected chi connectivity index (χ3v) is 4.16. The molecule has 3 nitrogen and oxygen atoms in total. The third kappa shape index (κ3) is 3.29. The molecule has 0 radical (unpaired) electrons. The molecule has 3 rings (SSSR count). The highest BCUT2D eigenvalue weighted by Gasteiger charge is 2.25. The van der Waals surface area contributed by atoms with E-state index in [1.807, 2.05) is 0 Å². The molecule has 0 unspecified atom stereocenters. The Balaban J connectivity index is 1.69. The van der Waals surface area contributed by atoms with E-state index in [0.29, 0.717) is 36.8 Å². The van der Waals surface area contributed by atoms with Gasteiger partial charge in [-0.15, -0.1) is 0 Å². The molecule has 0 saturated carbocycles. The SMILES string of the molecule is O=C(c1ccc(Cl)cc1)N1CCN(c2c(F)cccc2F)CC1. The van der Waals surface area contributed by atoms with Crippen LogP contribution in [0, 0.1) is 11.6 Å². The zero-order valence-electron chi connectivity index (χ0n) is 12.3. The van der Waals surface area contributed by atoms with Crippen LogP contribution in [0.15, 0.2) is 42.5 Å². The Labute approximate surface area is 138 Å². The molecule has 0 N–H and O–H groups in total. The van der Waals surface area contributed by atoms with Gasteiger partial charge in [0.15, 0.2) is 0 Å². The topological polar surface area (TPSA) is 23.6 Å². The molecule has 1 amide bonds. The lowest BCUT2D eigenvalue weighted by Gasteiger charge is -2.36. The van der Waals surface area contributed by atoms with E-state index in [9.17, 15) is 13.6 Å². The van der Waals surface area contributed by atoms with Crippen molar-refractivity contribution < 1.29 is 13.6 Å². The Hall–Kier alpha value is -2.14. The molecule has 1 saturated heterocycles. The van der Waals surface area contributed by atoms with Crippen LogP contribution in [0.3, 0.4) is 0 Å². The molecular formula is C17H15ClF2N2O. The van der Waals surface area contributed by atoms with Gasteiger partial charge in [-0.1, -0.05) is 17.7 Å². The van der Waals surface area contributed by atoms with Crippen LogP contribution in [-0.4, -0.2) is 37.0 Å². The van der Waals surface area contributed by atoms with Crippen LogP contribution in [0.4, 0.5) is 14.5 Å². The second-order valence-corrected chi connectivity index (χ2v) is 5.79. The van der Waals surface area contributed by atoms with Crippen molar-refractivity contribution >= 4 is 23.2 Å². The van der Waals surface area contributed by atoms with E-state index in [-0.39, 0.29) is 11.6 Å². The predicted molar refractivity (Wildman–Crippen MR) is 85.9 cm³/mol. The van der Waals surface area contributed by atoms with Crippen LogP contribution >= 0.6 is 11.6 Å². The first kappa shape index (κ1) is 15.7. The van der Waals surface area contributed by atoms with Crippen molar-refractivity contribution in [3.8, 4) is 0 Å². The van der Waals surface area contributed by atoms with Gasteiger partial charge in [-0.05, 0) is 36.4 Å². The fourth-order valence-corrected chi connectivity index (χ4v) is 2.83. The molecule has 1 aliphatic rings. The summed E-state index contributed by atoms with van der Waals surface area (Å²) in [5.41, 5.74) is 0.533. The number of hydrogen-bond acceptors (Lipinski definition) is 2. The number of halogens is 3. The fourth-order valence-electron chi connectivity index (χ4n) is 2.70. The second-order valence-electron chi connectivity index (χ2n) is 5.36. The van der Waals surface area contributed by atoms with Gasteiger partial charge in [-0.3, -0.25) is 4.79 Å². The van der Waals surface area contributed by atoms with E-state index in [2.05, 4.69) is 0 Å². The minimum Gasteiger partial charge on any atom is -0.363 e. The molecule has 0 atom stereocenters. The normalized spacial score (nSPS) is 14.9. The highest BCUT2D eigenvalue weighted by molar-refractivity contribution is 6.30. The Bertz CT molecular complexity index is 693. The smallest absolute Gasteiger partial charge is 0.253 e. The quantitative estimate of drug-likeness (QED) is 0.837. The molecule has 2 aromatic carbocycles. The average Bonchev–Trinajstić information content (AvgIpc) is 2.55. The van der Waals surface area contributed by atoms with E-state index in [1.54, 1.807) is 34.1 Å². The molecule has 23 heavy (non-hydrogen) atoms. The Morgan fingerprint density at radius 2 is 1.48 bits per heavy atom. The first-order valence-corrected chi connectivity index (χ1v) is 7.68. The number of carbonyl (C=O) groups is 1. The molecule has 0 aromatic heterocycles. The first-order chi connectivity index (χ1) is 11.1. The number of hydrogen-bond donors (Lipinski definition) is 0. The van der Waals surface area contributed by atoms with Gasteiger partial charge in [0.1, 0.15) is 17.3 Å². The van der Waals surface area contributed by atoms with Gasteiger partial charge < -0.3 is 9.80 Å². The molecular weight excluding hydrogens is 322 g/mol. The number of carbonyl (C=O) groups excluding carboxylic acids is 1. The molecule has 1 fully saturated rings. The third-order valence-electron chi connectivity index (χ3n) is 3.91. The fraction of sp³-hybridized carbons (Fsp3) is 0.235. The lowest BCUT2D eigenvalue weighted by atomic mass is 10.1. The lowest BCUT2D eigenvalue weighted by Crippen LogP contribution is -2.49. The standard InChI is InChI=1S/C17H15ClF2N2O/c18-13-6-4-12(5-7-13)17(23)22-10-8-21(9-11-22)16-14(19)2-1-3-15(16)20/h1-7H,8-11H2. The number of para-hydroxylation sites is 1. The van der Waals surface area contributed by atoms with E-state index < -0.39 is 11.6 Å². The number of amides is 1. The maximum Gasteiger partial charge on any atom is 0.253 e. The van der Waals surface area contributed by atoms with E-state index in [0.717, 1.165) is 0 Å². The van der Waals surface area contributed by atoms with Crippen molar-refractivity contribution in [2.45, 2.75) is 0 Å². The highest BCUT2D eigenvalue weighted by atomic mass is 35.5. The minimum atomic E-state index is -0.581. The number of anilines is 1. The molecule has 0 spiro atoms. The van der Waals surface area contributed by atoms with Crippen molar-refractivity contribution in [1.29, 1.82) is 0 Å². The van der Waals surface area contributed by atoms with Crippen LogP contribution in [0.25, 0.3) is 0 Å². The molecule has 120 valence electrons. The van der Waals surface area contributed by atoms with Gasteiger partial charge in [0.25, 0.3) is 5.91 Å². The summed E-state index contributed by atoms with van der Waals surface area (Å²) in [4.78, 5) is 15.7. The van der Waals surface area contributed by atoms with Crippen molar-refractivity contribution in [1.82, 2.24) is 4.90 Å². The van der Waals surface area contributed by atoms with Crippen LogP contribution in [0.1, 0.15) is 10.4 Å². The zero-order chi connectivity index (χ0) is 16.4. The molecule has 0 bridgehead atoms. The van der Waals surface area contributed by atoms with Crippen LogP contribution in [-0.2, 0) is 0 Å². The van der Waals surface area contributed by atoms with Gasteiger partial charge in [0, 0.05) is 36.8 Å². The number of benzene rings is 2. The summed E-state index contributed by atoms with van der Waals surface area (Å²) in [7, 11) is 0. The number of rotatable bonds is 2. The Morgan fingerprint density at radius 1 is 0.913 bits per heavy atom. The molecule has 6 heteroatoms. The van der Waals surface area contributed by atoms with Gasteiger partial charge in [-0.25, -0.2) is 8.78 Å². The second kappa shape index (κ2) is 6.54. The molecule has 2 aromatic rings. The largest absolute Gasteiger partial charge is 0.363 e. The summed E-state index contributed by atoms with van der Waals surface area (Å²) < 4.78 is 27.6. The number of nitrogens with zero attached hydrogens (tertiary/aromatic N) is 2. The van der Waals surface area contributed by atoms with Gasteiger partial charge in [0.2, 0.25) is 0 Å². The van der Waals surface area contributed by atoms with Crippen LogP contribution in [0.5, 0.6) is 0 Å². The van der Waals surface area contributed by atoms with Crippen LogP contribution < -0.4 is 4.90 Å². The molecule has 1 heterocycles. The van der Waals surface area contributed by atoms with E-state index in [4.69, 9.17) is 11.6 Å². The Morgan fingerprint density at radius 3 is 2.04 bits per heavy atom. The molecule has 1 aliphatic heterocycles. The maximum absolute atomic E-state index is 13.8. The summed E-state index contributed by atoms with van der Waals surface area (Å²) in [6.07, 6.45) is 0. The zero-order valence-corrected chi connectivity index (χ0v) is 13.1. The first-order valence-electron chi connectivity index (χ1n) is 7.30. The minimum absolute atomic E-state index is 0.0221. The van der Waals surface area contributed by atoms with E-state index in [1.165, 1.54) is 18.2 Å². The van der Waals surface area contributed by atoms with Crippen molar-refractivity contribution in [2.24, 2.45) is 0 Å². The monoisotopic (exact) mass is 336 g/mol. The van der Waals surface area contributed by atoms with E-state index >= 15 is 0 Å². The van der Waals surface area contributed by atoms with Gasteiger partial charge in [-0.2, -0.15) is 0 Å². The predicted octanol–water partition coefficient (Wildman–Crippen LogP) is 3.58. The average molecular weight is 337 g/mol. The summed E-state index contributed by atoms with van der Waals surface area (Å²) in [6.45, 7) is 1.60. The van der Waals surface area contributed by atoms with Gasteiger partial charge in [0.05, 0.1) is 0 Å². The van der Waals surface area contributed by atoms with Crippen molar-refractivity contribution in [3.63, 3.8) is 0 Å². The summed E-state index contributed by atoms with van der Waals surface area (Å²) in [5.74, 6) is -1.26. The maximum atomic E-state index is 13.8. The summed E-state index contributed by atoms with van der Waals surface area (Å²) in [6, 6.07) is 10.5. The van der Waals surface area contributed by atoms with Crippen molar-refractivity contribution in [3.05, 3.63) is 64.7 Å². The van der Waals surface area contributed by atoms with Gasteiger partial charge >= 0.3 is 0 Å². The van der Waals surface area contributed by atoms with Crippen LogP contribution in [0.2, 0.25) is 5.02 Å². The summed E-state index contributed by atoms with van der Waals surface area (Å²) in [5, 5.41) is 0.571. The number of piperazine rings is 1. The summed E-state index contributed by atoms with van der Waals surface area (Å²) >= 11 is 5.82. The molecule has 0 aliphatic carbocycles. The lowest BCUT2D eigenvalue weighted by molar-refractivity contribution is 0.0746.